The Hall–Kier alpha value is -1.35. The Labute approximate surface area is 144 Å². The Morgan fingerprint density at radius 2 is 1.33 bits per heavy atom. The van der Waals surface area contributed by atoms with Gasteiger partial charge in [0.05, 0.1) is 18.1 Å². The fraction of sp³-hybridized carbons (Fsp3) is 0.857. The highest BCUT2D eigenvalue weighted by Crippen LogP contribution is 2.77. The van der Waals surface area contributed by atoms with E-state index in [1.807, 2.05) is 0 Å². The molecule has 0 unspecified atom stereocenters. The zero-order valence-corrected chi connectivity index (χ0v) is 14.4. The molecule has 126 valence electrons. The van der Waals surface area contributed by atoms with Gasteiger partial charge in [0, 0.05) is 10.8 Å². The van der Waals surface area contributed by atoms with E-state index in [0.717, 1.165) is 62.7 Å². The summed E-state index contributed by atoms with van der Waals surface area (Å²) in [5.74, 6) is 2.27. The number of carbonyl (C=O) groups is 1. The molecule has 3 heteroatoms. The van der Waals surface area contributed by atoms with Crippen LogP contribution in [0.2, 0.25) is 0 Å². The monoisotopic (exact) mass is 322 g/mol. The van der Waals surface area contributed by atoms with E-state index in [1.54, 1.807) is 0 Å². The number of hydrogen-bond donors (Lipinski definition) is 0. The average molecular weight is 322 g/mol. The Kier molecular flexibility index (Phi) is 2.88. The largest absolute Gasteiger partial charge is 0.299 e. The molecule has 4 bridgehead atoms. The highest BCUT2D eigenvalue weighted by Gasteiger charge is 2.82. The number of rotatable bonds is 2. The standard InChI is InChI=1S/C21H26N2O/c22-12-21(13-23)17(20(21)4-2-1-3-5-20)18(24)19-9-14-6-15(10-19)8-16(7-14)11-19/h14-17H,1-11H2/t14?,15?,16?,17-,19?/m0/s1. The fourth-order valence-electron chi connectivity index (χ4n) is 8.00. The summed E-state index contributed by atoms with van der Waals surface area (Å²) < 4.78 is 0. The summed E-state index contributed by atoms with van der Waals surface area (Å²) in [5, 5.41) is 19.7. The Balaban J connectivity index is 1.51. The van der Waals surface area contributed by atoms with Gasteiger partial charge in [-0.1, -0.05) is 19.3 Å². The second-order valence-corrected chi connectivity index (χ2v) is 9.74. The molecule has 0 heterocycles. The first-order valence-corrected chi connectivity index (χ1v) is 9.96. The van der Waals surface area contributed by atoms with Crippen molar-refractivity contribution in [2.75, 3.05) is 0 Å². The lowest BCUT2D eigenvalue weighted by Crippen LogP contribution is -2.51. The molecule has 6 aliphatic rings. The smallest absolute Gasteiger partial charge is 0.160 e. The lowest BCUT2D eigenvalue weighted by molar-refractivity contribution is -0.146. The van der Waals surface area contributed by atoms with Crippen LogP contribution in [0.25, 0.3) is 0 Å². The van der Waals surface area contributed by atoms with Gasteiger partial charge in [0.15, 0.2) is 5.41 Å². The molecule has 6 aliphatic carbocycles. The fourth-order valence-corrected chi connectivity index (χ4v) is 8.00. The van der Waals surface area contributed by atoms with Crippen LogP contribution in [-0.4, -0.2) is 5.78 Å². The molecule has 0 aromatic heterocycles. The molecule has 0 aromatic rings. The highest BCUT2D eigenvalue weighted by molar-refractivity contribution is 5.94. The van der Waals surface area contributed by atoms with Crippen molar-refractivity contribution in [2.45, 2.75) is 70.6 Å². The van der Waals surface area contributed by atoms with Gasteiger partial charge in [0.1, 0.15) is 5.78 Å². The number of ketones is 1. The summed E-state index contributed by atoms with van der Waals surface area (Å²) in [6.45, 7) is 0. The van der Waals surface area contributed by atoms with E-state index in [0.29, 0.717) is 5.78 Å². The Morgan fingerprint density at radius 1 is 0.833 bits per heavy atom. The molecular formula is C21H26N2O. The summed E-state index contributed by atoms with van der Waals surface area (Å²) >= 11 is 0. The molecule has 0 amide bonds. The van der Waals surface area contributed by atoms with Crippen LogP contribution in [0.5, 0.6) is 0 Å². The molecule has 6 rings (SSSR count). The number of nitriles is 2. The minimum absolute atomic E-state index is 0.167. The van der Waals surface area contributed by atoms with Crippen molar-refractivity contribution >= 4 is 5.78 Å². The van der Waals surface area contributed by atoms with Crippen molar-refractivity contribution in [3.05, 3.63) is 0 Å². The minimum Gasteiger partial charge on any atom is -0.299 e. The van der Waals surface area contributed by atoms with Crippen molar-refractivity contribution in [1.29, 1.82) is 10.5 Å². The van der Waals surface area contributed by atoms with E-state index in [4.69, 9.17) is 0 Å². The van der Waals surface area contributed by atoms with Gasteiger partial charge in [0.2, 0.25) is 0 Å². The van der Waals surface area contributed by atoms with Crippen molar-refractivity contribution in [3.8, 4) is 12.1 Å². The third kappa shape index (κ3) is 1.60. The van der Waals surface area contributed by atoms with Crippen molar-refractivity contribution < 1.29 is 4.79 Å². The van der Waals surface area contributed by atoms with Crippen LogP contribution in [0.1, 0.15) is 70.6 Å². The first-order valence-electron chi connectivity index (χ1n) is 9.96. The number of hydrogen-bond acceptors (Lipinski definition) is 3. The Morgan fingerprint density at radius 3 is 1.79 bits per heavy atom. The summed E-state index contributed by atoms with van der Waals surface area (Å²) in [4.78, 5) is 13.8. The topological polar surface area (TPSA) is 64.7 Å². The van der Waals surface area contributed by atoms with Crippen LogP contribution < -0.4 is 0 Å². The van der Waals surface area contributed by atoms with E-state index in [9.17, 15) is 15.3 Å². The predicted octanol–water partition coefficient (Wildman–Crippen LogP) is 4.39. The number of nitrogens with zero attached hydrogens (tertiary/aromatic N) is 2. The van der Waals surface area contributed by atoms with Crippen LogP contribution in [0.15, 0.2) is 0 Å². The summed E-state index contributed by atoms with van der Waals surface area (Å²) in [5.41, 5.74) is -1.47. The zero-order chi connectivity index (χ0) is 16.6. The average Bonchev–Trinajstić information content (AvgIpc) is 3.13. The molecule has 6 fully saturated rings. The second-order valence-electron chi connectivity index (χ2n) is 9.74. The molecular weight excluding hydrogens is 296 g/mol. The molecule has 0 aromatic carbocycles. The van der Waals surface area contributed by atoms with Gasteiger partial charge >= 0.3 is 0 Å². The SMILES string of the molecule is N#CC1(C#N)[C@@H](C(=O)C23CC4CC(CC(C4)C2)C3)C12CCCCC2. The van der Waals surface area contributed by atoms with E-state index < -0.39 is 5.41 Å². The molecule has 6 saturated carbocycles. The van der Waals surface area contributed by atoms with Crippen molar-refractivity contribution in [2.24, 2.45) is 39.9 Å². The quantitative estimate of drug-likeness (QED) is 0.757. The lowest BCUT2D eigenvalue weighted by atomic mass is 9.48. The first kappa shape index (κ1) is 14.9. The van der Waals surface area contributed by atoms with Gasteiger partial charge in [0.25, 0.3) is 0 Å². The van der Waals surface area contributed by atoms with Crippen molar-refractivity contribution in [3.63, 3.8) is 0 Å². The number of carbonyl (C=O) groups excluding carboxylic acids is 1. The van der Waals surface area contributed by atoms with Gasteiger partial charge in [-0.05, 0) is 69.1 Å². The third-order valence-corrected chi connectivity index (χ3v) is 8.61. The normalized spacial score (nSPS) is 46.2. The van der Waals surface area contributed by atoms with Crippen LogP contribution in [0.4, 0.5) is 0 Å². The van der Waals surface area contributed by atoms with Gasteiger partial charge in [-0.25, -0.2) is 0 Å². The van der Waals surface area contributed by atoms with Crippen LogP contribution in [-0.2, 0) is 4.79 Å². The van der Waals surface area contributed by atoms with E-state index in [2.05, 4.69) is 12.1 Å². The molecule has 0 aliphatic heterocycles. The Bertz CT molecular complexity index is 624. The van der Waals surface area contributed by atoms with Crippen LogP contribution in [0, 0.1) is 62.6 Å². The number of Topliss-reactive ketones (excluding diaryl/α,β-unsaturated/α-hetero) is 1. The zero-order valence-electron chi connectivity index (χ0n) is 14.4. The summed E-state index contributed by atoms with van der Waals surface area (Å²) in [7, 11) is 0. The van der Waals surface area contributed by atoms with E-state index >= 15 is 0 Å². The molecule has 0 N–H and O–H groups in total. The molecule has 24 heavy (non-hydrogen) atoms. The highest BCUT2D eigenvalue weighted by atomic mass is 16.1. The molecule has 0 saturated heterocycles. The van der Waals surface area contributed by atoms with Crippen LogP contribution in [0.3, 0.4) is 0 Å². The van der Waals surface area contributed by atoms with Gasteiger partial charge in [-0.2, -0.15) is 10.5 Å². The van der Waals surface area contributed by atoms with Gasteiger partial charge < -0.3 is 0 Å². The van der Waals surface area contributed by atoms with E-state index in [-0.39, 0.29) is 16.7 Å². The van der Waals surface area contributed by atoms with Crippen molar-refractivity contribution in [1.82, 2.24) is 0 Å². The molecule has 1 spiro atoms. The molecule has 1 atom stereocenters. The summed E-state index contributed by atoms with van der Waals surface area (Å²) in [6, 6.07) is 4.69. The second kappa shape index (κ2) is 4.63. The maximum absolute atomic E-state index is 13.8. The third-order valence-electron chi connectivity index (χ3n) is 8.61. The first-order chi connectivity index (χ1) is 11.6. The van der Waals surface area contributed by atoms with Gasteiger partial charge in [-0.3, -0.25) is 4.79 Å². The lowest BCUT2D eigenvalue weighted by Gasteiger charge is -2.56. The molecule has 3 nitrogen and oxygen atoms in total. The molecule has 0 radical (unpaired) electrons. The maximum atomic E-state index is 13.8. The maximum Gasteiger partial charge on any atom is 0.160 e. The van der Waals surface area contributed by atoms with Gasteiger partial charge in [-0.15, -0.1) is 0 Å². The minimum atomic E-state index is -1.01. The van der Waals surface area contributed by atoms with Crippen LogP contribution >= 0.6 is 0 Å². The predicted molar refractivity (Wildman–Crippen MR) is 88.3 cm³/mol. The summed E-state index contributed by atoms with van der Waals surface area (Å²) in [6.07, 6.45) is 12.3. The van der Waals surface area contributed by atoms with E-state index in [1.165, 1.54) is 25.7 Å².